The number of aryl methyl sites for hydroxylation is 1. The molecule has 1 saturated carbocycles. The van der Waals surface area contributed by atoms with Gasteiger partial charge in [-0.15, -0.1) is 0 Å². The highest BCUT2D eigenvalue weighted by Crippen LogP contribution is 2.20. The van der Waals surface area contributed by atoms with Gasteiger partial charge in [-0.05, 0) is 37.5 Å². The number of amides is 1. The Bertz CT molecular complexity index is 580. The summed E-state index contributed by atoms with van der Waals surface area (Å²) < 4.78 is 0.943. The van der Waals surface area contributed by atoms with Gasteiger partial charge < -0.3 is 16.4 Å². The van der Waals surface area contributed by atoms with Crippen molar-refractivity contribution in [1.82, 2.24) is 5.32 Å². The van der Waals surface area contributed by atoms with Gasteiger partial charge in [-0.25, -0.2) is 0 Å². The first-order valence-electron chi connectivity index (χ1n) is 8.67. The summed E-state index contributed by atoms with van der Waals surface area (Å²) in [7, 11) is 0. The maximum Gasteiger partial charge on any atom is 0.226 e. The predicted molar refractivity (Wildman–Crippen MR) is 103 cm³/mol. The zero-order valence-corrected chi connectivity index (χ0v) is 15.9. The Balaban J connectivity index is 1.75. The van der Waals surface area contributed by atoms with Crippen LogP contribution in [-0.2, 0) is 4.79 Å². The number of rotatable bonds is 5. The second kappa shape index (κ2) is 9.67. The van der Waals surface area contributed by atoms with Crippen molar-refractivity contribution in [3.8, 4) is 0 Å². The normalized spacial score (nSPS) is 16.5. The molecule has 24 heavy (non-hydrogen) atoms. The Kier molecular flexibility index (Phi) is 7.56. The average molecular weight is 395 g/mol. The smallest absolute Gasteiger partial charge is 0.226 e. The Morgan fingerprint density at radius 3 is 2.71 bits per heavy atom. The number of anilines is 1. The third kappa shape index (κ3) is 6.51. The molecule has 1 aliphatic carbocycles. The van der Waals surface area contributed by atoms with Crippen LogP contribution in [0.15, 0.2) is 27.7 Å². The fourth-order valence-corrected chi connectivity index (χ4v) is 3.26. The molecule has 5 nitrogen and oxygen atoms in total. The third-order valence-electron chi connectivity index (χ3n) is 4.30. The lowest BCUT2D eigenvalue weighted by atomic mass is 10.1. The van der Waals surface area contributed by atoms with Crippen LogP contribution in [0.2, 0.25) is 0 Å². The van der Waals surface area contributed by atoms with Gasteiger partial charge in [-0.1, -0.05) is 47.7 Å². The van der Waals surface area contributed by atoms with E-state index in [0.29, 0.717) is 25.0 Å². The van der Waals surface area contributed by atoms with Crippen LogP contribution in [0, 0.1) is 6.92 Å². The van der Waals surface area contributed by atoms with Gasteiger partial charge >= 0.3 is 0 Å². The lowest BCUT2D eigenvalue weighted by Gasteiger charge is -2.16. The average Bonchev–Trinajstić information content (AvgIpc) is 2.79. The lowest BCUT2D eigenvalue weighted by Crippen LogP contribution is -2.40. The summed E-state index contributed by atoms with van der Waals surface area (Å²) in [5.74, 6) is 0.399. The molecule has 0 spiro atoms. The van der Waals surface area contributed by atoms with Crippen LogP contribution in [0.3, 0.4) is 0 Å². The van der Waals surface area contributed by atoms with E-state index >= 15 is 0 Å². The molecule has 1 aliphatic rings. The molecule has 0 aliphatic heterocycles. The molecule has 1 amide bonds. The van der Waals surface area contributed by atoms with Gasteiger partial charge in [-0.2, -0.15) is 0 Å². The van der Waals surface area contributed by atoms with Crippen molar-refractivity contribution >= 4 is 33.5 Å². The van der Waals surface area contributed by atoms with Gasteiger partial charge in [0.2, 0.25) is 5.91 Å². The van der Waals surface area contributed by atoms with Gasteiger partial charge in [0.05, 0.1) is 6.54 Å². The number of halogens is 1. The summed E-state index contributed by atoms with van der Waals surface area (Å²) in [6, 6.07) is 6.24. The number of nitrogens with zero attached hydrogens (tertiary/aromatic N) is 1. The monoisotopic (exact) mass is 394 g/mol. The van der Waals surface area contributed by atoms with Crippen LogP contribution in [0.5, 0.6) is 0 Å². The van der Waals surface area contributed by atoms with Crippen LogP contribution in [0.4, 0.5) is 5.69 Å². The molecule has 1 aromatic rings. The van der Waals surface area contributed by atoms with Crippen LogP contribution >= 0.6 is 15.9 Å². The van der Waals surface area contributed by atoms with Crippen molar-refractivity contribution in [2.75, 3.05) is 11.9 Å². The standard InChI is InChI=1S/C18H27BrN4O/c1-13-8-9-14(19)12-16(13)23-17(24)10-11-21-18(20)22-15-6-4-2-3-5-7-15/h8-9,12,15H,2-7,10-11H2,1H3,(H,23,24)(H3,20,21,22). The minimum atomic E-state index is -0.0535. The molecule has 0 heterocycles. The molecule has 0 atom stereocenters. The maximum atomic E-state index is 12.0. The highest BCUT2D eigenvalue weighted by molar-refractivity contribution is 9.10. The Morgan fingerprint density at radius 2 is 2.00 bits per heavy atom. The van der Waals surface area contributed by atoms with Crippen molar-refractivity contribution in [2.45, 2.75) is 57.9 Å². The minimum Gasteiger partial charge on any atom is -0.370 e. The summed E-state index contributed by atoms with van der Waals surface area (Å²) in [4.78, 5) is 16.3. The molecule has 0 saturated heterocycles. The number of carbonyl (C=O) groups excluding carboxylic acids is 1. The van der Waals surface area contributed by atoms with Gasteiger partial charge in [-0.3, -0.25) is 9.79 Å². The SMILES string of the molecule is Cc1ccc(Br)cc1NC(=O)CCN=C(N)NC1CCCCCC1. The van der Waals surface area contributed by atoms with E-state index in [1.807, 2.05) is 25.1 Å². The molecule has 1 aromatic carbocycles. The quantitative estimate of drug-likeness (QED) is 0.404. The van der Waals surface area contributed by atoms with E-state index in [1.165, 1.54) is 25.7 Å². The van der Waals surface area contributed by atoms with Crippen molar-refractivity contribution in [1.29, 1.82) is 0 Å². The number of carbonyl (C=O) groups is 1. The fourth-order valence-electron chi connectivity index (χ4n) is 2.90. The number of hydrogen-bond donors (Lipinski definition) is 3. The predicted octanol–water partition coefficient (Wildman–Crippen LogP) is 3.71. The molecule has 4 N–H and O–H groups in total. The van der Waals surface area contributed by atoms with E-state index in [4.69, 9.17) is 5.73 Å². The van der Waals surface area contributed by atoms with Crippen molar-refractivity contribution in [3.63, 3.8) is 0 Å². The topological polar surface area (TPSA) is 79.5 Å². The number of hydrogen-bond acceptors (Lipinski definition) is 2. The first kappa shape index (κ1) is 18.8. The number of benzene rings is 1. The Hall–Kier alpha value is -1.56. The highest BCUT2D eigenvalue weighted by Gasteiger charge is 2.12. The molecule has 2 rings (SSSR count). The Morgan fingerprint density at radius 1 is 1.29 bits per heavy atom. The summed E-state index contributed by atoms with van der Waals surface area (Å²) in [6.07, 6.45) is 7.74. The first-order chi connectivity index (χ1) is 11.5. The number of aliphatic imine (C=N–C) groups is 1. The number of nitrogens with one attached hydrogen (secondary N) is 2. The second-order valence-electron chi connectivity index (χ2n) is 6.36. The summed E-state index contributed by atoms with van der Waals surface area (Å²) in [5.41, 5.74) is 7.79. The molecule has 0 bridgehead atoms. The van der Waals surface area contributed by atoms with E-state index in [9.17, 15) is 4.79 Å². The third-order valence-corrected chi connectivity index (χ3v) is 4.80. The van der Waals surface area contributed by atoms with Crippen LogP contribution < -0.4 is 16.4 Å². The number of nitrogens with two attached hydrogens (primary N) is 1. The van der Waals surface area contributed by atoms with Gasteiger partial charge in [0.25, 0.3) is 0 Å². The molecular weight excluding hydrogens is 368 g/mol. The molecule has 0 unspecified atom stereocenters. The maximum absolute atomic E-state index is 12.0. The highest BCUT2D eigenvalue weighted by atomic mass is 79.9. The zero-order valence-electron chi connectivity index (χ0n) is 14.3. The van der Waals surface area contributed by atoms with Gasteiger partial charge in [0.15, 0.2) is 5.96 Å². The summed E-state index contributed by atoms with van der Waals surface area (Å²) >= 11 is 3.41. The zero-order chi connectivity index (χ0) is 17.4. The van der Waals surface area contributed by atoms with E-state index in [1.54, 1.807) is 0 Å². The Labute approximate surface area is 152 Å². The molecule has 132 valence electrons. The molecular formula is C18H27BrN4O. The molecule has 1 fully saturated rings. The number of guanidine groups is 1. The minimum absolute atomic E-state index is 0.0535. The van der Waals surface area contributed by atoms with E-state index in [2.05, 4.69) is 31.6 Å². The molecule has 0 aromatic heterocycles. The lowest BCUT2D eigenvalue weighted by molar-refractivity contribution is -0.116. The fraction of sp³-hybridized carbons (Fsp3) is 0.556. The molecule has 0 radical (unpaired) electrons. The van der Waals surface area contributed by atoms with Crippen molar-refractivity contribution in [3.05, 3.63) is 28.2 Å². The van der Waals surface area contributed by atoms with Crippen LogP contribution in [0.1, 0.15) is 50.5 Å². The van der Waals surface area contributed by atoms with Crippen LogP contribution in [0.25, 0.3) is 0 Å². The van der Waals surface area contributed by atoms with E-state index in [0.717, 1.165) is 28.6 Å². The molecule has 6 heteroatoms. The largest absolute Gasteiger partial charge is 0.370 e. The van der Waals surface area contributed by atoms with E-state index in [-0.39, 0.29) is 5.91 Å². The van der Waals surface area contributed by atoms with Crippen LogP contribution in [-0.4, -0.2) is 24.5 Å². The van der Waals surface area contributed by atoms with Gasteiger partial charge in [0.1, 0.15) is 0 Å². The van der Waals surface area contributed by atoms with Crippen molar-refractivity contribution < 1.29 is 4.79 Å². The van der Waals surface area contributed by atoms with E-state index < -0.39 is 0 Å². The first-order valence-corrected chi connectivity index (χ1v) is 9.46. The summed E-state index contributed by atoms with van der Waals surface area (Å²) in [5, 5.41) is 6.20. The van der Waals surface area contributed by atoms with Gasteiger partial charge in [0, 0.05) is 22.6 Å². The second-order valence-corrected chi connectivity index (χ2v) is 7.27. The van der Waals surface area contributed by atoms with Crippen molar-refractivity contribution in [2.24, 2.45) is 10.7 Å². The summed E-state index contributed by atoms with van der Waals surface area (Å²) in [6.45, 7) is 2.36.